The van der Waals surface area contributed by atoms with Gasteiger partial charge in [-0.1, -0.05) is 30.5 Å². The molecule has 0 aromatic rings. The summed E-state index contributed by atoms with van der Waals surface area (Å²) in [7, 11) is 0. The maximum absolute atomic E-state index is 11.6. The fraction of sp³-hybridized carbons (Fsp3) is 0.545. The van der Waals surface area contributed by atoms with Crippen molar-refractivity contribution in [3.63, 3.8) is 0 Å². The molecule has 1 saturated carbocycles. The van der Waals surface area contributed by atoms with Crippen LogP contribution in [0.3, 0.4) is 0 Å². The van der Waals surface area contributed by atoms with Gasteiger partial charge >= 0.3 is 0 Å². The van der Waals surface area contributed by atoms with Gasteiger partial charge in [-0.15, -0.1) is 0 Å². The third kappa shape index (κ3) is 1.71. The SMILES string of the molecule is O=C1C=CC=C(Cl)C2CCCCC12. The zero-order chi connectivity index (χ0) is 9.26. The van der Waals surface area contributed by atoms with Crippen LogP contribution in [0.5, 0.6) is 0 Å². The number of ketones is 1. The number of hydrogen-bond donors (Lipinski definition) is 0. The minimum atomic E-state index is 0.163. The van der Waals surface area contributed by atoms with Gasteiger partial charge in [-0.2, -0.15) is 0 Å². The molecule has 0 heterocycles. The van der Waals surface area contributed by atoms with Crippen LogP contribution in [0.15, 0.2) is 23.3 Å². The summed E-state index contributed by atoms with van der Waals surface area (Å²) in [5.41, 5.74) is 0. The van der Waals surface area contributed by atoms with Crippen LogP contribution < -0.4 is 0 Å². The van der Waals surface area contributed by atoms with Crippen LogP contribution in [0.25, 0.3) is 0 Å². The van der Waals surface area contributed by atoms with E-state index in [1.165, 1.54) is 12.8 Å². The third-order valence-electron chi connectivity index (χ3n) is 3.00. The van der Waals surface area contributed by atoms with Crippen LogP contribution in [0.2, 0.25) is 0 Å². The molecule has 0 aromatic heterocycles. The summed E-state index contributed by atoms with van der Waals surface area (Å²) < 4.78 is 0. The normalized spacial score (nSPS) is 33.6. The highest BCUT2D eigenvalue weighted by molar-refractivity contribution is 6.30. The Morgan fingerprint density at radius 2 is 1.92 bits per heavy atom. The van der Waals surface area contributed by atoms with Crippen molar-refractivity contribution in [2.75, 3.05) is 0 Å². The van der Waals surface area contributed by atoms with E-state index < -0.39 is 0 Å². The second-order valence-corrected chi connectivity index (χ2v) is 4.25. The van der Waals surface area contributed by atoms with Crippen molar-refractivity contribution in [2.24, 2.45) is 11.8 Å². The highest BCUT2D eigenvalue weighted by Crippen LogP contribution is 2.38. The van der Waals surface area contributed by atoms with Crippen LogP contribution in [-0.2, 0) is 4.79 Å². The van der Waals surface area contributed by atoms with Crippen molar-refractivity contribution in [1.29, 1.82) is 0 Å². The Kier molecular flexibility index (Phi) is 2.54. The van der Waals surface area contributed by atoms with Crippen LogP contribution >= 0.6 is 11.6 Å². The molecule has 2 aliphatic rings. The first-order chi connectivity index (χ1) is 6.29. The lowest BCUT2D eigenvalue weighted by Crippen LogP contribution is -2.25. The van der Waals surface area contributed by atoms with E-state index in [-0.39, 0.29) is 11.7 Å². The fourth-order valence-electron chi connectivity index (χ4n) is 2.28. The van der Waals surface area contributed by atoms with Gasteiger partial charge in [0.05, 0.1) is 0 Å². The van der Waals surface area contributed by atoms with Gasteiger partial charge in [0, 0.05) is 16.9 Å². The molecule has 0 aromatic carbocycles. The number of allylic oxidation sites excluding steroid dienone is 4. The Morgan fingerprint density at radius 1 is 1.23 bits per heavy atom. The van der Waals surface area contributed by atoms with Gasteiger partial charge in [-0.3, -0.25) is 4.79 Å². The monoisotopic (exact) mass is 196 g/mol. The lowest BCUT2D eigenvalue weighted by atomic mass is 9.77. The largest absolute Gasteiger partial charge is 0.295 e. The molecule has 1 nitrogen and oxygen atoms in total. The molecule has 0 spiro atoms. The molecular weight excluding hydrogens is 184 g/mol. The minimum Gasteiger partial charge on any atom is -0.295 e. The van der Waals surface area contributed by atoms with E-state index in [1.807, 2.05) is 6.08 Å². The number of carbonyl (C=O) groups excluding carboxylic acids is 1. The number of carbonyl (C=O) groups is 1. The first kappa shape index (κ1) is 9.01. The van der Waals surface area contributed by atoms with Crippen LogP contribution in [0, 0.1) is 11.8 Å². The van der Waals surface area contributed by atoms with E-state index in [0.717, 1.165) is 17.9 Å². The van der Waals surface area contributed by atoms with E-state index in [1.54, 1.807) is 12.2 Å². The van der Waals surface area contributed by atoms with Crippen LogP contribution in [0.4, 0.5) is 0 Å². The molecule has 0 N–H and O–H groups in total. The van der Waals surface area contributed by atoms with E-state index in [2.05, 4.69) is 0 Å². The van der Waals surface area contributed by atoms with Crippen molar-refractivity contribution in [1.82, 2.24) is 0 Å². The summed E-state index contributed by atoms with van der Waals surface area (Å²) in [6.07, 6.45) is 9.78. The lowest BCUT2D eigenvalue weighted by Gasteiger charge is -2.28. The van der Waals surface area contributed by atoms with Gasteiger partial charge in [-0.25, -0.2) is 0 Å². The number of halogens is 1. The fourth-order valence-corrected chi connectivity index (χ4v) is 2.62. The Labute approximate surface area is 83.5 Å². The van der Waals surface area contributed by atoms with Gasteiger partial charge in [-0.05, 0) is 25.0 Å². The summed E-state index contributed by atoms with van der Waals surface area (Å²) >= 11 is 6.12. The average molecular weight is 197 g/mol. The molecule has 0 saturated heterocycles. The van der Waals surface area contributed by atoms with Crippen LogP contribution in [0.1, 0.15) is 25.7 Å². The number of fused-ring (bicyclic) bond motifs is 1. The summed E-state index contributed by atoms with van der Waals surface area (Å²) in [5, 5.41) is 0.867. The maximum atomic E-state index is 11.6. The predicted octanol–water partition coefficient (Wildman–Crippen LogP) is 3.05. The topological polar surface area (TPSA) is 17.1 Å². The van der Waals surface area contributed by atoms with E-state index >= 15 is 0 Å². The molecule has 2 aliphatic carbocycles. The number of rotatable bonds is 0. The average Bonchev–Trinajstić information content (AvgIpc) is 2.29. The quantitative estimate of drug-likeness (QED) is 0.582. The Hall–Kier alpha value is -0.560. The molecule has 13 heavy (non-hydrogen) atoms. The van der Waals surface area contributed by atoms with E-state index in [0.29, 0.717) is 5.92 Å². The molecule has 0 amide bonds. The standard InChI is InChI=1S/C11H13ClO/c12-10-6-3-7-11(13)9-5-2-1-4-8(9)10/h3,6-9H,1-2,4-5H2. The zero-order valence-electron chi connectivity index (χ0n) is 7.50. The first-order valence-corrected chi connectivity index (χ1v) is 5.24. The predicted molar refractivity (Wildman–Crippen MR) is 53.5 cm³/mol. The smallest absolute Gasteiger partial charge is 0.159 e. The van der Waals surface area contributed by atoms with Gasteiger partial charge in [0.1, 0.15) is 0 Å². The molecule has 0 aliphatic heterocycles. The van der Waals surface area contributed by atoms with Crippen molar-refractivity contribution < 1.29 is 4.79 Å². The van der Waals surface area contributed by atoms with Gasteiger partial charge in [0.15, 0.2) is 5.78 Å². The van der Waals surface area contributed by atoms with Crippen molar-refractivity contribution in [3.05, 3.63) is 23.3 Å². The second-order valence-electron chi connectivity index (χ2n) is 3.81. The Bertz CT molecular complexity index is 272. The Balaban J connectivity index is 2.27. The van der Waals surface area contributed by atoms with Crippen LogP contribution in [-0.4, -0.2) is 5.78 Å². The molecule has 0 radical (unpaired) electrons. The summed E-state index contributed by atoms with van der Waals surface area (Å²) in [4.78, 5) is 11.6. The molecular formula is C11H13ClO. The molecule has 2 heteroatoms. The van der Waals surface area contributed by atoms with E-state index in [9.17, 15) is 4.79 Å². The van der Waals surface area contributed by atoms with E-state index in [4.69, 9.17) is 11.6 Å². The highest BCUT2D eigenvalue weighted by atomic mass is 35.5. The molecule has 1 fully saturated rings. The summed E-state index contributed by atoms with van der Waals surface area (Å²) in [5.74, 6) is 0.728. The molecule has 2 atom stereocenters. The minimum absolute atomic E-state index is 0.163. The van der Waals surface area contributed by atoms with Crippen molar-refractivity contribution in [2.45, 2.75) is 25.7 Å². The summed E-state index contributed by atoms with van der Waals surface area (Å²) in [6.45, 7) is 0. The first-order valence-electron chi connectivity index (χ1n) is 4.86. The zero-order valence-corrected chi connectivity index (χ0v) is 8.26. The lowest BCUT2D eigenvalue weighted by molar-refractivity contribution is -0.120. The van der Waals surface area contributed by atoms with Gasteiger partial charge in [0.2, 0.25) is 0 Å². The number of hydrogen-bond acceptors (Lipinski definition) is 1. The highest BCUT2D eigenvalue weighted by Gasteiger charge is 2.32. The molecule has 2 rings (SSSR count). The van der Waals surface area contributed by atoms with Gasteiger partial charge < -0.3 is 0 Å². The third-order valence-corrected chi connectivity index (χ3v) is 3.41. The van der Waals surface area contributed by atoms with Crippen molar-refractivity contribution >= 4 is 17.4 Å². The van der Waals surface area contributed by atoms with Crippen molar-refractivity contribution in [3.8, 4) is 0 Å². The molecule has 70 valence electrons. The Morgan fingerprint density at radius 3 is 2.69 bits per heavy atom. The van der Waals surface area contributed by atoms with Gasteiger partial charge in [0.25, 0.3) is 0 Å². The maximum Gasteiger partial charge on any atom is 0.159 e. The summed E-state index contributed by atoms with van der Waals surface area (Å²) in [6, 6.07) is 0. The second kappa shape index (κ2) is 3.67. The molecule has 2 unspecified atom stereocenters. The molecule has 0 bridgehead atoms.